The molecule has 0 fully saturated rings. The van der Waals surface area contributed by atoms with Crippen LogP contribution in [0.3, 0.4) is 0 Å². The summed E-state index contributed by atoms with van der Waals surface area (Å²) in [7, 11) is 0. The zero-order valence-electron chi connectivity index (χ0n) is 8.93. The van der Waals surface area contributed by atoms with Crippen molar-refractivity contribution in [2.75, 3.05) is 6.61 Å². The Morgan fingerprint density at radius 3 is 3.00 bits per heavy atom. The summed E-state index contributed by atoms with van der Waals surface area (Å²) in [6.45, 7) is 2.03. The number of ether oxygens (including phenoxy) is 1. The third-order valence-electron chi connectivity index (χ3n) is 1.88. The highest BCUT2D eigenvalue weighted by molar-refractivity contribution is 5.90. The fourth-order valence-corrected chi connectivity index (χ4v) is 1.16. The van der Waals surface area contributed by atoms with E-state index in [2.05, 4.69) is 0 Å². The molecule has 4 nitrogen and oxygen atoms in total. The summed E-state index contributed by atoms with van der Waals surface area (Å²) < 4.78 is 4.73. The minimum atomic E-state index is -0.484. The van der Waals surface area contributed by atoms with E-state index in [0.29, 0.717) is 17.7 Å². The monoisotopic (exact) mass is 216 g/mol. The summed E-state index contributed by atoms with van der Waals surface area (Å²) in [4.78, 5) is 11.1. The van der Waals surface area contributed by atoms with E-state index >= 15 is 0 Å². The number of esters is 1. The third-order valence-corrected chi connectivity index (χ3v) is 1.88. The molecule has 2 N–H and O–H groups in total. The number of hydrogen-bond acceptors (Lipinski definition) is 4. The van der Waals surface area contributed by atoms with E-state index in [9.17, 15) is 4.79 Å². The molecule has 1 aromatic rings. The molecule has 0 aliphatic carbocycles. The van der Waals surface area contributed by atoms with Crippen molar-refractivity contribution in [2.24, 2.45) is 5.73 Å². The standard InChI is InChI=1S/C12H12N2O2/c1-2-16-12(15)7-11(14)10-5-3-4-9(6-10)8-13/h3-7H,2,14H2,1H3. The van der Waals surface area contributed by atoms with Crippen LogP contribution in [-0.4, -0.2) is 12.6 Å². The molecule has 0 saturated heterocycles. The molecule has 0 bridgehead atoms. The lowest BCUT2D eigenvalue weighted by atomic mass is 10.1. The predicted molar refractivity (Wildman–Crippen MR) is 60.0 cm³/mol. The molecule has 0 saturated carbocycles. The van der Waals surface area contributed by atoms with Gasteiger partial charge in [0.15, 0.2) is 0 Å². The minimum Gasteiger partial charge on any atom is -0.463 e. The molecule has 0 atom stereocenters. The van der Waals surface area contributed by atoms with Gasteiger partial charge in [-0.25, -0.2) is 4.79 Å². The van der Waals surface area contributed by atoms with Gasteiger partial charge in [-0.15, -0.1) is 0 Å². The zero-order chi connectivity index (χ0) is 12.0. The highest BCUT2D eigenvalue weighted by Crippen LogP contribution is 2.11. The zero-order valence-corrected chi connectivity index (χ0v) is 8.93. The Labute approximate surface area is 93.9 Å². The van der Waals surface area contributed by atoms with Crippen molar-refractivity contribution in [3.05, 3.63) is 41.5 Å². The van der Waals surface area contributed by atoms with E-state index < -0.39 is 5.97 Å². The van der Waals surface area contributed by atoms with Crippen molar-refractivity contribution in [1.29, 1.82) is 5.26 Å². The second kappa shape index (κ2) is 5.56. The van der Waals surface area contributed by atoms with Gasteiger partial charge >= 0.3 is 5.97 Å². The van der Waals surface area contributed by atoms with Crippen molar-refractivity contribution >= 4 is 11.7 Å². The van der Waals surface area contributed by atoms with Crippen molar-refractivity contribution in [2.45, 2.75) is 6.92 Å². The smallest absolute Gasteiger partial charge is 0.332 e. The van der Waals surface area contributed by atoms with Crippen molar-refractivity contribution in [3.8, 4) is 6.07 Å². The first-order valence-corrected chi connectivity index (χ1v) is 4.82. The molecule has 0 amide bonds. The average Bonchev–Trinajstić information content (AvgIpc) is 2.29. The lowest BCUT2D eigenvalue weighted by molar-refractivity contribution is -0.137. The number of carbonyl (C=O) groups is 1. The molecule has 4 heteroatoms. The number of nitriles is 1. The summed E-state index contributed by atoms with van der Waals surface area (Å²) in [6.07, 6.45) is 1.21. The van der Waals surface area contributed by atoms with Gasteiger partial charge in [-0.05, 0) is 24.6 Å². The molecule has 0 unspecified atom stereocenters. The highest BCUT2D eigenvalue weighted by atomic mass is 16.5. The summed E-state index contributed by atoms with van der Waals surface area (Å²) in [6, 6.07) is 8.72. The Balaban J connectivity index is 2.92. The van der Waals surface area contributed by atoms with Crippen LogP contribution < -0.4 is 5.73 Å². The van der Waals surface area contributed by atoms with Gasteiger partial charge in [0.25, 0.3) is 0 Å². The highest BCUT2D eigenvalue weighted by Gasteiger charge is 2.02. The topological polar surface area (TPSA) is 76.1 Å². The third kappa shape index (κ3) is 3.14. The Morgan fingerprint density at radius 1 is 1.62 bits per heavy atom. The van der Waals surface area contributed by atoms with Gasteiger partial charge < -0.3 is 10.5 Å². The average molecular weight is 216 g/mol. The lowest BCUT2D eigenvalue weighted by Crippen LogP contribution is -2.05. The normalized spacial score (nSPS) is 10.6. The van der Waals surface area contributed by atoms with E-state index in [1.165, 1.54) is 6.08 Å². The summed E-state index contributed by atoms with van der Waals surface area (Å²) >= 11 is 0. The number of benzene rings is 1. The second-order valence-electron chi connectivity index (χ2n) is 3.04. The number of hydrogen-bond donors (Lipinski definition) is 1. The molecule has 0 aliphatic heterocycles. The van der Waals surface area contributed by atoms with Crippen LogP contribution in [0.25, 0.3) is 5.70 Å². The number of nitrogens with two attached hydrogens (primary N) is 1. The first kappa shape index (κ1) is 11.8. The van der Waals surface area contributed by atoms with Gasteiger partial charge in [-0.2, -0.15) is 5.26 Å². The SMILES string of the molecule is CCOC(=O)C=C(N)c1cccc(C#N)c1. The molecule has 0 aromatic heterocycles. The van der Waals surface area contributed by atoms with Crippen LogP contribution in [0.1, 0.15) is 18.1 Å². The van der Waals surface area contributed by atoms with E-state index in [-0.39, 0.29) is 5.70 Å². The number of rotatable bonds is 3. The van der Waals surface area contributed by atoms with Crippen LogP contribution in [-0.2, 0) is 9.53 Å². The van der Waals surface area contributed by atoms with Crippen LogP contribution in [0.5, 0.6) is 0 Å². The summed E-state index contributed by atoms with van der Waals surface area (Å²) in [5, 5.41) is 8.71. The van der Waals surface area contributed by atoms with Gasteiger partial charge in [0, 0.05) is 11.8 Å². The van der Waals surface area contributed by atoms with E-state index in [4.69, 9.17) is 15.7 Å². The second-order valence-corrected chi connectivity index (χ2v) is 3.04. The van der Waals surface area contributed by atoms with Crippen LogP contribution >= 0.6 is 0 Å². The van der Waals surface area contributed by atoms with Gasteiger partial charge in [0.1, 0.15) is 0 Å². The molecule has 0 aliphatic rings. The number of nitrogens with zero attached hydrogens (tertiary/aromatic N) is 1. The summed E-state index contributed by atoms with van der Waals surface area (Å²) in [5.41, 5.74) is 7.12. The maximum Gasteiger partial charge on any atom is 0.332 e. The van der Waals surface area contributed by atoms with Crippen LogP contribution in [0.15, 0.2) is 30.3 Å². The molecular weight excluding hydrogens is 204 g/mol. The maximum atomic E-state index is 11.1. The Kier molecular flexibility index (Phi) is 4.10. The van der Waals surface area contributed by atoms with E-state index in [0.717, 1.165) is 0 Å². The first-order chi connectivity index (χ1) is 7.67. The van der Waals surface area contributed by atoms with Gasteiger partial charge in [0.2, 0.25) is 0 Å². The van der Waals surface area contributed by atoms with Crippen LogP contribution in [0.4, 0.5) is 0 Å². The van der Waals surface area contributed by atoms with Crippen LogP contribution in [0, 0.1) is 11.3 Å². The molecule has 0 heterocycles. The van der Waals surface area contributed by atoms with Crippen molar-refractivity contribution in [3.63, 3.8) is 0 Å². The molecular formula is C12H12N2O2. The van der Waals surface area contributed by atoms with Gasteiger partial charge in [-0.3, -0.25) is 0 Å². The fraction of sp³-hybridized carbons (Fsp3) is 0.167. The predicted octanol–water partition coefficient (Wildman–Crippen LogP) is 1.42. The van der Waals surface area contributed by atoms with Crippen molar-refractivity contribution in [1.82, 2.24) is 0 Å². The Hall–Kier alpha value is -2.28. The molecule has 82 valence electrons. The Morgan fingerprint density at radius 2 is 2.38 bits per heavy atom. The molecule has 0 spiro atoms. The Bertz CT molecular complexity index is 458. The summed E-state index contributed by atoms with van der Waals surface area (Å²) in [5.74, 6) is -0.484. The quantitative estimate of drug-likeness (QED) is 0.612. The molecule has 0 radical (unpaired) electrons. The maximum absolute atomic E-state index is 11.1. The molecule has 16 heavy (non-hydrogen) atoms. The van der Waals surface area contributed by atoms with Gasteiger partial charge in [-0.1, -0.05) is 12.1 Å². The first-order valence-electron chi connectivity index (χ1n) is 4.82. The largest absolute Gasteiger partial charge is 0.463 e. The number of carbonyl (C=O) groups excluding carboxylic acids is 1. The molecule has 1 aromatic carbocycles. The van der Waals surface area contributed by atoms with Crippen LogP contribution in [0.2, 0.25) is 0 Å². The van der Waals surface area contributed by atoms with E-state index in [1.807, 2.05) is 6.07 Å². The van der Waals surface area contributed by atoms with Crippen molar-refractivity contribution < 1.29 is 9.53 Å². The minimum absolute atomic E-state index is 0.288. The van der Waals surface area contributed by atoms with E-state index in [1.54, 1.807) is 31.2 Å². The molecule has 1 rings (SSSR count). The van der Waals surface area contributed by atoms with Gasteiger partial charge in [0.05, 0.1) is 18.2 Å². The lowest BCUT2D eigenvalue weighted by Gasteiger charge is -2.02. The fourth-order valence-electron chi connectivity index (χ4n) is 1.16.